The van der Waals surface area contributed by atoms with Crippen LogP contribution in [0.2, 0.25) is 0 Å². The summed E-state index contributed by atoms with van der Waals surface area (Å²) in [6, 6.07) is 4.87. The molecule has 0 bridgehead atoms. The molecule has 3 nitrogen and oxygen atoms in total. The molecular weight excluding hydrogens is 217 g/mol. The Bertz CT molecular complexity index is 560. The molecule has 2 heterocycles. The van der Waals surface area contributed by atoms with Crippen LogP contribution in [0.1, 0.15) is 17.0 Å². The number of nitrogens with zero attached hydrogens (tertiary/aromatic N) is 2. The Morgan fingerprint density at radius 1 is 1.41 bits per heavy atom. The van der Waals surface area contributed by atoms with Crippen LogP contribution >= 0.6 is 0 Å². The van der Waals surface area contributed by atoms with Gasteiger partial charge < -0.3 is 9.88 Å². The molecule has 1 aliphatic rings. The van der Waals surface area contributed by atoms with E-state index in [1.165, 1.54) is 11.8 Å². The van der Waals surface area contributed by atoms with Gasteiger partial charge in [-0.3, -0.25) is 0 Å². The summed E-state index contributed by atoms with van der Waals surface area (Å²) in [6.07, 6.45) is 2.80. The smallest absolute Gasteiger partial charge is 0.123 e. The number of hydrogen-bond acceptors (Lipinski definition) is 2. The highest BCUT2D eigenvalue weighted by atomic mass is 19.1. The molecule has 1 aliphatic heterocycles. The average Bonchev–Trinajstić information content (AvgIpc) is 2.73. The summed E-state index contributed by atoms with van der Waals surface area (Å²) >= 11 is 0. The van der Waals surface area contributed by atoms with Crippen LogP contribution < -0.4 is 5.32 Å². The lowest BCUT2D eigenvalue weighted by atomic mass is 10.1. The zero-order chi connectivity index (χ0) is 11.8. The molecule has 0 amide bonds. The van der Waals surface area contributed by atoms with E-state index in [1.807, 2.05) is 19.3 Å². The Kier molecular flexibility index (Phi) is 2.44. The van der Waals surface area contributed by atoms with Crippen LogP contribution in [-0.2, 0) is 13.0 Å². The number of nitrogens with one attached hydrogen (secondary N) is 1. The van der Waals surface area contributed by atoms with Gasteiger partial charge in [-0.25, -0.2) is 9.37 Å². The molecule has 17 heavy (non-hydrogen) atoms. The highest BCUT2D eigenvalue weighted by Crippen LogP contribution is 2.21. The first kappa shape index (κ1) is 10.5. The number of aryl methyl sites for hydroxylation is 1. The van der Waals surface area contributed by atoms with E-state index < -0.39 is 0 Å². The Morgan fingerprint density at radius 3 is 3.12 bits per heavy atom. The molecule has 4 heteroatoms. The van der Waals surface area contributed by atoms with Crippen molar-refractivity contribution in [2.75, 3.05) is 6.54 Å². The summed E-state index contributed by atoms with van der Waals surface area (Å²) in [5.41, 5.74) is 4.28. The fourth-order valence-corrected chi connectivity index (χ4v) is 2.33. The molecular formula is C13H14FN3. The van der Waals surface area contributed by atoms with Crippen molar-refractivity contribution in [3.63, 3.8) is 0 Å². The summed E-state index contributed by atoms with van der Waals surface area (Å²) in [4.78, 5) is 4.40. The van der Waals surface area contributed by atoms with E-state index >= 15 is 0 Å². The summed E-state index contributed by atoms with van der Waals surface area (Å²) in [5, 5.41) is 3.29. The van der Waals surface area contributed by atoms with Gasteiger partial charge >= 0.3 is 0 Å². The van der Waals surface area contributed by atoms with Gasteiger partial charge in [0.1, 0.15) is 5.82 Å². The molecule has 3 rings (SSSR count). The van der Waals surface area contributed by atoms with Crippen molar-refractivity contribution in [2.45, 2.75) is 19.9 Å². The predicted octanol–water partition coefficient (Wildman–Crippen LogP) is 1.97. The number of hydrogen-bond donors (Lipinski definition) is 1. The molecule has 0 aliphatic carbocycles. The van der Waals surface area contributed by atoms with Crippen LogP contribution in [0, 0.1) is 12.7 Å². The minimum absolute atomic E-state index is 0.193. The minimum Gasteiger partial charge on any atom is -0.311 e. The Morgan fingerprint density at radius 2 is 2.29 bits per heavy atom. The molecule has 1 aromatic heterocycles. The zero-order valence-electron chi connectivity index (χ0n) is 9.70. The number of imidazole rings is 1. The van der Waals surface area contributed by atoms with E-state index in [9.17, 15) is 4.39 Å². The fraction of sp³-hybridized carbons (Fsp3) is 0.308. The zero-order valence-corrected chi connectivity index (χ0v) is 9.70. The highest BCUT2D eigenvalue weighted by molar-refractivity contribution is 5.43. The van der Waals surface area contributed by atoms with Crippen LogP contribution in [0.15, 0.2) is 24.5 Å². The first-order chi connectivity index (χ1) is 8.25. The number of fused-ring (bicyclic) bond motifs is 1. The molecule has 0 saturated heterocycles. The summed E-state index contributed by atoms with van der Waals surface area (Å²) < 4.78 is 15.2. The van der Waals surface area contributed by atoms with Crippen molar-refractivity contribution in [1.82, 2.24) is 14.9 Å². The average molecular weight is 231 g/mol. The van der Waals surface area contributed by atoms with Gasteiger partial charge in [0.2, 0.25) is 0 Å². The van der Waals surface area contributed by atoms with E-state index in [0.29, 0.717) is 0 Å². The van der Waals surface area contributed by atoms with Gasteiger partial charge in [0, 0.05) is 30.9 Å². The van der Waals surface area contributed by atoms with Gasteiger partial charge in [0.25, 0.3) is 0 Å². The van der Waals surface area contributed by atoms with E-state index in [4.69, 9.17) is 0 Å². The lowest BCUT2D eigenvalue weighted by molar-refractivity contribution is 0.617. The van der Waals surface area contributed by atoms with Crippen molar-refractivity contribution in [2.24, 2.45) is 0 Å². The molecule has 0 atom stereocenters. The van der Waals surface area contributed by atoms with Crippen molar-refractivity contribution in [3.05, 3.63) is 47.3 Å². The highest BCUT2D eigenvalue weighted by Gasteiger charge is 2.16. The quantitative estimate of drug-likeness (QED) is 0.813. The molecule has 1 aromatic carbocycles. The van der Waals surface area contributed by atoms with Crippen LogP contribution in [0.25, 0.3) is 5.69 Å². The standard InChI is InChI=1S/C13H14FN3/c1-9-6-10(14)2-3-12(9)17-8-16-11-7-15-5-4-13(11)17/h2-3,6,8,15H,4-5,7H2,1H3. The first-order valence-electron chi connectivity index (χ1n) is 5.78. The van der Waals surface area contributed by atoms with Crippen molar-refractivity contribution in [3.8, 4) is 5.69 Å². The topological polar surface area (TPSA) is 29.9 Å². The van der Waals surface area contributed by atoms with Gasteiger partial charge in [-0.05, 0) is 30.7 Å². The number of halogens is 1. The van der Waals surface area contributed by atoms with E-state index in [0.717, 1.165) is 36.5 Å². The van der Waals surface area contributed by atoms with Gasteiger partial charge in [-0.1, -0.05) is 0 Å². The van der Waals surface area contributed by atoms with E-state index in [1.54, 1.807) is 6.07 Å². The molecule has 2 aromatic rings. The maximum Gasteiger partial charge on any atom is 0.123 e. The summed E-state index contributed by atoms with van der Waals surface area (Å²) in [7, 11) is 0. The predicted molar refractivity (Wildman–Crippen MR) is 63.7 cm³/mol. The number of benzene rings is 1. The van der Waals surface area contributed by atoms with Crippen molar-refractivity contribution in [1.29, 1.82) is 0 Å². The molecule has 0 spiro atoms. The second-order valence-corrected chi connectivity index (χ2v) is 4.37. The second kappa shape index (κ2) is 3.96. The summed E-state index contributed by atoms with van der Waals surface area (Å²) in [5.74, 6) is -0.193. The second-order valence-electron chi connectivity index (χ2n) is 4.37. The van der Waals surface area contributed by atoms with Crippen LogP contribution in [0.5, 0.6) is 0 Å². The molecule has 0 unspecified atom stereocenters. The third-order valence-corrected chi connectivity index (χ3v) is 3.20. The normalized spacial score (nSPS) is 14.7. The van der Waals surface area contributed by atoms with Gasteiger partial charge in [-0.15, -0.1) is 0 Å². The molecule has 0 radical (unpaired) electrons. The third kappa shape index (κ3) is 1.74. The molecule has 0 fully saturated rings. The van der Waals surface area contributed by atoms with Crippen molar-refractivity contribution >= 4 is 0 Å². The number of aromatic nitrogens is 2. The van der Waals surface area contributed by atoms with Gasteiger partial charge in [0.05, 0.1) is 12.0 Å². The molecule has 88 valence electrons. The fourth-order valence-electron chi connectivity index (χ4n) is 2.33. The number of rotatable bonds is 1. The van der Waals surface area contributed by atoms with Crippen molar-refractivity contribution < 1.29 is 4.39 Å². The first-order valence-corrected chi connectivity index (χ1v) is 5.78. The molecule has 0 saturated carbocycles. The largest absolute Gasteiger partial charge is 0.311 e. The third-order valence-electron chi connectivity index (χ3n) is 3.20. The van der Waals surface area contributed by atoms with Gasteiger partial charge in [-0.2, -0.15) is 0 Å². The monoisotopic (exact) mass is 231 g/mol. The lowest BCUT2D eigenvalue weighted by Crippen LogP contribution is -2.24. The van der Waals surface area contributed by atoms with Crippen LogP contribution in [0.4, 0.5) is 4.39 Å². The van der Waals surface area contributed by atoms with E-state index in [2.05, 4.69) is 14.9 Å². The molecule has 1 N–H and O–H groups in total. The SMILES string of the molecule is Cc1cc(F)ccc1-n1cnc2c1CCNC2. The van der Waals surface area contributed by atoms with Gasteiger partial charge in [0.15, 0.2) is 0 Å². The maximum atomic E-state index is 13.1. The lowest BCUT2D eigenvalue weighted by Gasteiger charge is -2.16. The van der Waals surface area contributed by atoms with E-state index in [-0.39, 0.29) is 5.82 Å². The van der Waals surface area contributed by atoms with Crippen LogP contribution in [0.3, 0.4) is 0 Å². The maximum absolute atomic E-state index is 13.1. The Hall–Kier alpha value is -1.68. The minimum atomic E-state index is -0.193. The Labute approximate surface area is 99.3 Å². The Balaban J connectivity index is 2.12. The van der Waals surface area contributed by atoms with Crippen LogP contribution in [-0.4, -0.2) is 16.1 Å². The summed E-state index contributed by atoms with van der Waals surface area (Å²) in [6.45, 7) is 3.72.